The number of pyridine rings is 1. The fourth-order valence-electron chi connectivity index (χ4n) is 1.41. The Balaban J connectivity index is 2.51. The van der Waals surface area contributed by atoms with Gasteiger partial charge in [0.1, 0.15) is 6.20 Å². The molecule has 1 amide bonds. The minimum Gasteiger partial charge on any atom is -0.481 e. The van der Waals surface area contributed by atoms with E-state index in [0.29, 0.717) is 10.8 Å². The maximum atomic E-state index is 12.0. The molecule has 8 nitrogen and oxygen atoms in total. The summed E-state index contributed by atoms with van der Waals surface area (Å²) >= 11 is 1.31. The predicted octanol–water partition coefficient (Wildman–Crippen LogP) is 1.70. The summed E-state index contributed by atoms with van der Waals surface area (Å²) in [5, 5.41) is 22.2. The number of carbonyl (C=O) groups is 2. The number of carboxylic acid groups (broad SMARTS) is 1. The summed E-state index contributed by atoms with van der Waals surface area (Å²) in [7, 11) is 0. The number of amides is 1. The Morgan fingerprint density at radius 2 is 2.14 bits per heavy atom. The highest BCUT2D eigenvalue weighted by Crippen LogP contribution is 2.27. The summed E-state index contributed by atoms with van der Waals surface area (Å²) in [5.41, 5.74) is -0.804. The second kappa shape index (κ2) is 7.74. The Morgan fingerprint density at radius 1 is 1.45 bits per heavy atom. The number of hydrogen-bond acceptors (Lipinski definition) is 6. The second-order valence-electron chi connectivity index (χ2n) is 5.18. The Morgan fingerprint density at radius 3 is 2.64 bits per heavy atom. The van der Waals surface area contributed by atoms with Gasteiger partial charge in [0.05, 0.1) is 21.8 Å². The molecule has 1 rings (SSSR count). The van der Waals surface area contributed by atoms with E-state index in [9.17, 15) is 19.7 Å². The summed E-state index contributed by atoms with van der Waals surface area (Å²) in [6.45, 7) is 3.56. The Hall–Kier alpha value is -2.16. The summed E-state index contributed by atoms with van der Waals surface area (Å²) in [4.78, 5) is 36.4. The van der Waals surface area contributed by atoms with E-state index < -0.39 is 16.3 Å². The van der Waals surface area contributed by atoms with Crippen molar-refractivity contribution in [1.82, 2.24) is 10.3 Å². The molecule has 0 aliphatic carbocycles. The van der Waals surface area contributed by atoms with Crippen LogP contribution in [0.25, 0.3) is 0 Å². The first-order chi connectivity index (χ1) is 10.2. The van der Waals surface area contributed by atoms with Crippen molar-refractivity contribution in [2.24, 2.45) is 5.41 Å². The van der Waals surface area contributed by atoms with Gasteiger partial charge in [0.25, 0.3) is 5.69 Å². The van der Waals surface area contributed by atoms with Gasteiger partial charge in [-0.05, 0) is 6.07 Å². The fraction of sp³-hybridized carbons (Fsp3) is 0.462. The largest absolute Gasteiger partial charge is 0.481 e. The molecule has 0 aliphatic rings. The van der Waals surface area contributed by atoms with Crippen molar-refractivity contribution < 1.29 is 19.6 Å². The van der Waals surface area contributed by atoms with Crippen LogP contribution in [-0.4, -0.2) is 39.2 Å². The number of aliphatic carboxylic acids is 1. The lowest BCUT2D eigenvalue weighted by Gasteiger charge is -2.22. The highest BCUT2D eigenvalue weighted by atomic mass is 32.2. The van der Waals surface area contributed by atoms with Crippen molar-refractivity contribution in [3.63, 3.8) is 0 Å². The number of hydrogen-bond donors (Lipinski definition) is 2. The molecular weight excluding hydrogens is 310 g/mol. The number of carboxylic acids is 1. The molecule has 0 saturated heterocycles. The van der Waals surface area contributed by atoms with Crippen molar-refractivity contribution in [2.45, 2.75) is 25.3 Å². The molecule has 0 fully saturated rings. The van der Waals surface area contributed by atoms with Gasteiger partial charge in [0.15, 0.2) is 0 Å². The van der Waals surface area contributed by atoms with Crippen molar-refractivity contribution in [1.29, 1.82) is 0 Å². The first-order valence-electron chi connectivity index (χ1n) is 6.46. The normalized spacial score (nSPS) is 11.0. The zero-order chi connectivity index (χ0) is 16.8. The van der Waals surface area contributed by atoms with Crippen LogP contribution >= 0.6 is 11.8 Å². The monoisotopic (exact) mass is 327 g/mol. The molecule has 0 unspecified atom stereocenters. The summed E-state index contributed by atoms with van der Waals surface area (Å²) in [5.74, 6) is -0.804. The zero-order valence-electron chi connectivity index (χ0n) is 12.2. The van der Waals surface area contributed by atoms with E-state index >= 15 is 0 Å². The molecule has 9 heteroatoms. The van der Waals surface area contributed by atoms with Crippen LogP contribution in [0.5, 0.6) is 0 Å². The Kier molecular flexibility index (Phi) is 6.29. The van der Waals surface area contributed by atoms with Crippen LogP contribution in [0.2, 0.25) is 0 Å². The van der Waals surface area contributed by atoms with E-state index in [-0.39, 0.29) is 24.6 Å². The molecule has 0 saturated carbocycles. The highest BCUT2D eigenvalue weighted by molar-refractivity contribution is 7.99. The van der Waals surface area contributed by atoms with E-state index in [1.54, 1.807) is 13.8 Å². The molecular formula is C13H17N3O5S. The molecule has 0 aliphatic heterocycles. The molecule has 0 bridgehead atoms. The molecule has 1 aromatic rings. The van der Waals surface area contributed by atoms with Gasteiger partial charge in [-0.2, -0.15) is 0 Å². The smallest absolute Gasteiger partial charge is 0.305 e. The third kappa shape index (κ3) is 5.68. The van der Waals surface area contributed by atoms with Crippen LogP contribution in [0, 0.1) is 15.5 Å². The third-order valence-corrected chi connectivity index (χ3v) is 4.15. The summed E-state index contributed by atoms with van der Waals surface area (Å²) in [6.07, 6.45) is 1.04. The number of nitrogens with zero attached hydrogens (tertiary/aromatic N) is 2. The number of rotatable bonds is 8. The molecule has 0 spiro atoms. The third-order valence-electron chi connectivity index (χ3n) is 2.75. The number of carbonyl (C=O) groups excluding carboxylic acids is 1. The standard InChI is InChI=1S/C13H17N3O5S/c1-13(2,12(19)14-6-5-11(17)18)8-22-10-4-3-9(7-15-10)16(20)21/h3-4,7H,5-6,8H2,1-2H3,(H,14,19)(H,17,18). The minimum atomic E-state index is -0.970. The van der Waals surface area contributed by atoms with Gasteiger partial charge >= 0.3 is 5.97 Å². The van der Waals surface area contributed by atoms with Gasteiger partial charge in [-0.3, -0.25) is 19.7 Å². The molecule has 2 N–H and O–H groups in total. The number of nitro groups is 1. The van der Waals surface area contributed by atoms with Crippen LogP contribution in [0.15, 0.2) is 23.4 Å². The molecule has 0 aromatic carbocycles. The lowest BCUT2D eigenvalue weighted by molar-refractivity contribution is -0.385. The van der Waals surface area contributed by atoms with Crippen LogP contribution in [0.3, 0.4) is 0 Å². The van der Waals surface area contributed by atoms with Gasteiger partial charge in [-0.1, -0.05) is 13.8 Å². The molecule has 1 aromatic heterocycles. The van der Waals surface area contributed by atoms with Crippen molar-refractivity contribution >= 4 is 29.3 Å². The first-order valence-corrected chi connectivity index (χ1v) is 7.44. The number of nitrogens with one attached hydrogen (secondary N) is 1. The van der Waals surface area contributed by atoms with Gasteiger partial charge < -0.3 is 10.4 Å². The molecule has 0 atom stereocenters. The van der Waals surface area contributed by atoms with E-state index in [2.05, 4.69) is 10.3 Å². The molecule has 22 heavy (non-hydrogen) atoms. The molecule has 1 heterocycles. The van der Waals surface area contributed by atoms with Crippen molar-refractivity contribution in [3.8, 4) is 0 Å². The average molecular weight is 327 g/mol. The minimum absolute atomic E-state index is 0.0814. The molecule has 120 valence electrons. The first kappa shape index (κ1) is 17.9. The zero-order valence-corrected chi connectivity index (χ0v) is 13.1. The SMILES string of the molecule is CC(C)(CSc1ccc([N+](=O)[O-])cn1)C(=O)NCCC(=O)O. The van der Waals surface area contributed by atoms with Crippen molar-refractivity contribution in [3.05, 3.63) is 28.4 Å². The van der Waals surface area contributed by atoms with Crippen LogP contribution in [-0.2, 0) is 9.59 Å². The van der Waals surface area contributed by atoms with Gasteiger partial charge in [0, 0.05) is 18.4 Å². The van der Waals surface area contributed by atoms with Crippen LogP contribution < -0.4 is 5.32 Å². The van der Waals surface area contributed by atoms with E-state index in [0.717, 1.165) is 0 Å². The topological polar surface area (TPSA) is 122 Å². The lowest BCUT2D eigenvalue weighted by Crippen LogP contribution is -2.39. The summed E-state index contributed by atoms with van der Waals surface area (Å²) in [6, 6.07) is 2.89. The quantitative estimate of drug-likeness (QED) is 0.423. The van der Waals surface area contributed by atoms with Gasteiger partial charge in [-0.15, -0.1) is 11.8 Å². The van der Waals surface area contributed by atoms with Crippen LogP contribution in [0.4, 0.5) is 5.69 Å². The Bertz CT molecular complexity index is 559. The highest BCUT2D eigenvalue weighted by Gasteiger charge is 2.27. The number of aromatic nitrogens is 1. The lowest BCUT2D eigenvalue weighted by atomic mass is 9.95. The van der Waals surface area contributed by atoms with Gasteiger partial charge in [-0.25, -0.2) is 4.98 Å². The fourth-order valence-corrected chi connectivity index (χ4v) is 2.34. The maximum absolute atomic E-state index is 12.0. The Labute approximate surface area is 131 Å². The van der Waals surface area contributed by atoms with Crippen molar-refractivity contribution in [2.75, 3.05) is 12.3 Å². The molecule has 0 radical (unpaired) electrons. The van der Waals surface area contributed by atoms with E-state index in [4.69, 9.17) is 5.11 Å². The van der Waals surface area contributed by atoms with E-state index in [1.165, 1.54) is 30.1 Å². The summed E-state index contributed by atoms with van der Waals surface area (Å²) < 4.78 is 0. The number of thioether (sulfide) groups is 1. The maximum Gasteiger partial charge on any atom is 0.305 e. The van der Waals surface area contributed by atoms with E-state index in [1.807, 2.05) is 0 Å². The van der Waals surface area contributed by atoms with Gasteiger partial charge in [0.2, 0.25) is 5.91 Å². The average Bonchev–Trinajstić information content (AvgIpc) is 2.45. The predicted molar refractivity (Wildman–Crippen MR) is 80.7 cm³/mol. The second-order valence-corrected chi connectivity index (χ2v) is 6.18. The van der Waals surface area contributed by atoms with Crippen LogP contribution in [0.1, 0.15) is 20.3 Å².